The van der Waals surface area contributed by atoms with Gasteiger partial charge < -0.3 is 23.2 Å². The van der Waals surface area contributed by atoms with Gasteiger partial charge in [-0.1, -0.05) is 76.4 Å². The van der Waals surface area contributed by atoms with Crippen molar-refractivity contribution in [3.63, 3.8) is 0 Å². The second kappa shape index (κ2) is 30.7. The average molecular weight is 1350 g/mol. The number of Topliss-reactive ketones (excluding diaryl/α,β-unsaturated/α-hetero) is 1. The molecule has 0 spiro atoms. The number of carbonyl (C=O) groups excluding carboxylic acids is 3. The first kappa shape index (κ1) is 70.9. The molecule has 516 valence electrons. The second-order valence-electron chi connectivity index (χ2n) is 25.6. The summed E-state index contributed by atoms with van der Waals surface area (Å²) in [5.74, 6) is -1.50. The third-order valence-electron chi connectivity index (χ3n) is 18.3. The third kappa shape index (κ3) is 14.8. The van der Waals surface area contributed by atoms with Crippen molar-refractivity contribution in [2.45, 2.75) is 151 Å². The minimum absolute atomic E-state index is 0.0239. The van der Waals surface area contributed by atoms with E-state index in [2.05, 4.69) is 112 Å². The van der Waals surface area contributed by atoms with E-state index < -0.39 is 27.4 Å². The Morgan fingerprint density at radius 3 is 1.15 bits per heavy atom. The molecule has 0 bridgehead atoms. The maximum atomic E-state index is 13.8. The number of fused-ring (bicyclic) bond motifs is 6. The number of hydrogen-bond donors (Lipinski definition) is 0. The normalized spacial score (nSPS) is 12.7. The van der Waals surface area contributed by atoms with Gasteiger partial charge in [-0.25, -0.2) is 37.8 Å². The monoisotopic (exact) mass is 1350 g/mol. The quantitative estimate of drug-likeness (QED) is 0.0484. The molecule has 98 heavy (non-hydrogen) atoms. The summed E-state index contributed by atoms with van der Waals surface area (Å²) >= 11 is 0. The number of aryl methyl sites for hydroxylation is 6. The highest BCUT2D eigenvalue weighted by molar-refractivity contribution is 7.91. The molecular weight excluding hydrogens is 1260 g/mol. The first-order valence-electron chi connectivity index (χ1n) is 33.8. The van der Waals surface area contributed by atoms with E-state index in [-0.39, 0.29) is 60.4 Å². The summed E-state index contributed by atoms with van der Waals surface area (Å²) in [7, 11) is 2.60. The predicted molar refractivity (Wildman–Crippen MR) is 386 cm³/mol. The summed E-state index contributed by atoms with van der Waals surface area (Å²) in [6.45, 7) is 17.8. The van der Waals surface area contributed by atoms with Crippen molar-refractivity contribution in [3.05, 3.63) is 193 Å². The van der Waals surface area contributed by atoms with Crippen LogP contribution in [-0.4, -0.2) is 107 Å². The molecule has 22 nitrogen and oxygen atoms in total. The van der Waals surface area contributed by atoms with Crippen molar-refractivity contribution < 1.29 is 32.3 Å². The smallest absolute Gasteiger partial charge is 0.330 e. The molecule has 9 heterocycles. The molecule has 0 aliphatic rings. The Morgan fingerprint density at radius 1 is 0.439 bits per heavy atom. The second-order valence-corrected chi connectivity index (χ2v) is 27.8. The zero-order valence-electron chi connectivity index (χ0n) is 58.3. The van der Waals surface area contributed by atoms with Crippen LogP contribution in [0.2, 0.25) is 0 Å². The molecule has 12 rings (SSSR count). The average Bonchev–Trinajstić information content (AvgIpc) is 1.62. The van der Waals surface area contributed by atoms with E-state index in [1.54, 1.807) is 65.9 Å². The van der Waals surface area contributed by atoms with Crippen molar-refractivity contribution in [2.75, 3.05) is 25.2 Å². The predicted octanol–water partition coefficient (Wildman–Crippen LogP) is 12.1. The van der Waals surface area contributed by atoms with Crippen molar-refractivity contribution in [2.24, 2.45) is 21.1 Å². The number of benzene rings is 3. The van der Waals surface area contributed by atoms with Gasteiger partial charge in [0.05, 0.1) is 68.3 Å². The van der Waals surface area contributed by atoms with Gasteiger partial charge in [0, 0.05) is 116 Å². The highest BCUT2D eigenvalue weighted by Gasteiger charge is 2.29. The summed E-state index contributed by atoms with van der Waals surface area (Å²) in [6, 6.07) is 28.7. The van der Waals surface area contributed by atoms with Crippen molar-refractivity contribution in [3.8, 4) is 0 Å². The Bertz CT molecular complexity index is 5020. The fourth-order valence-electron chi connectivity index (χ4n) is 14.3. The summed E-state index contributed by atoms with van der Waals surface area (Å²) < 4.78 is 50.1. The molecule has 23 heteroatoms. The first-order valence-corrected chi connectivity index (χ1v) is 35.9. The van der Waals surface area contributed by atoms with Crippen LogP contribution in [0, 0.1) is 20.8 Å². The summed E-state index contributed by atoms with van der Waals surface area (Å²) in [5.41, 5.74) is 13.5. The van der Waals surface area contributed by atoms with Crippen LogP contribution in [0.3, 0.4) is 0 Å². The van der Waals surface area contributed by atoms with Crippen LogP contribution in [0.15, 0.2) is 143 Å². The number of hydrogen-bond acceptors (Lipinski definition) is 13. The molecule has 3 atom stereocenters. The molecule has 0 N–H and O–H groups in total. The van der Waals surface area contributed by atoms with Gasteiger partial charge in [0.15, 0.2) is 26.8 Å². The lowest BCUT2D eigenvalue weighted by atomic mass is 10.1. The number of rotatable bonds is 25. The minimum Gasteiger partial charge on any atom is -0.466 e. The van der Waals surface area contributed by atoms with Gasteiger partial charge in [-0.3, -0.25) is 41.8 Å². The SMILES string of the molecule is CCC[C@@H](CC(=O)CS(C)(=O)=O)n1c(=O)n(Cc2cn(C)c3cccc(C)c23)c2cccnc21.CCC[C@@H](CC(=O)OCC)n1c(=O)n(Cc2cn(C)c3cccc(C)c23)c2cccnc21.CCC[C@@H](CC(=O)OCC)n1c(=O)n(Cc2cn(C)c3cccc(C)c23)c2ncccc21. The van der Waals surface area contributed by atoms with Crippen LogP contribution in [0.4, 0.5) is 0 Å². The number of sulfone groups is 1. The number of imidazole rings is 3. The van der Waals surface area contributed by atoms with Crippen molar-refractivity contribution in [1.29, 1.82) is 0 Å². The standard InChI is InChI=1S/C25H30N4O4S.2C25H30N4O3/c1-5-8-19(13-20(30)16-34(4,32)33)29-24-22(11-7-12-26-24)28(25(29)31)15-18-14-27(3)21-10-6-9-17(2)23(18)21;1-5-9-19(14-22(30)32-6-2)29-21-12-8-13-26-24(21)28(25(29)31)16-18-15-27(4)20-11-7-10-17(3)23(18)20;1-5-9-19(14-22(30)32-6-2)29-24-21(12-8-13-26-24)28(25(29)31)16-18-15-27(4)20-11-7-10-17(3)23(18)20/h6-7,9-12,14,19H,5,8,13,15-16H2,1-4H3;2*7-8,10-13,15,19H,5-6,9,14,16H2,1-4H3/t3*19-/m000/s1. The van der Waals surface area contributed by atoms with Crippen LogP contribution in [0.25, 0.3) is 66.2 Å². The lowest BCUT2D eigenvalue weighted by molar-refractivity contribution is -0.145. The first-order chi connectivity index (χ1) is 47.0. The number of ether oxygens (including phenoxy) is 2. The molecule has 0 unspecified atom stereocenters. The molecule has 0 saturated carbocycles. The van der Waals surface area contributed by atoms with E-state index in [1.165, 1.54) is 16.5 Å². The van der Waals surface area contributed by atoms with Gasteiger partial charge in [0.2, 0.25) is 0 Å². The van der Waals surface area contributed by atoms with Gasteiger partial charge in [0.1, 0.15) is 11.5 Å². The molecule has 3 aromatic carbocycles. The van der Waals surface area contributed by atoms with E-state index in [0.717, 1.165) is 86.1 Å². The Labute approximate surface area is 569 Å². The highest BCUT2D eigenvalue weighted by Crippen LogP contribution is 2.32. The number of nitrogens with zero attached hydrogens (tertiary/aromatic N) is 12. The number of esters is 2. The van der Waals surface area contributed by atoms with Gasteiger partial charge >= 0.3 is 29.0 Å². The molecule has 0 amide bonds. The summed E-state index contributed by atoms with van der Waals surface area (Å²) in [5, 5.41) is 3.45. The Kier molecular flexibility index (Phi) is 22.2. The fraction of sp³-hybridized carbons (Fsp3) is 0.400. The van der Waals surface area contributed by atoms with Gasteiger partial charge in [-0.05, 0) is 142 Å². The molecule has 12 aromatic rings. The highest BCUT2D eigenvalue weighted by atomic mass is 32.2. The fourth-order valence-corrected chi connectivity index (χ4v) is 15.0. The topological polar surface area (TPSA) is 238 Å². The lowest BCUT2D eigenvalue weighted by Gasteiger charge is -2.17. The largest absolute Gasteiger partial charge is 0.466 e. The van der Waals surface area contributed by atoms with Gasteiger partial charge in [-0.15, -0.1) is 0 Å². The molecular formula is C75H90N12O10S. The van der Waals surface area contributed by atoms with Crippen LogP contribution >= 0.6 is 0 Å². The number of carbonyl (C=O) groups is 3. The number of pyridine rings is 3. The van der Waals surface area contributed by atoms with Crippen LogP contribution in [0.1, 0.15) is 144 Å². The zero-order valence-corrected chi connectivity index (χ0v) is 59.1. The van der Waals surface area contributed by atoms with Crippen LogP contribution in [0.5, 0.6) is 0 Å². The molecule has 0 radical (unpaired) electrons. The number of aromatic nitrogens is 12. The lowest BCUT2D eigenvalue weighted by Crippen LogP contribution is -2.30. The van der Waals surface area contributed by atoms with E-state index in [1.807, 2.05) is 82.8 Å². The number of ketones is 1. The molecule has 0 saturated heterocycles. The van der Waals surface area contributed by atoms with E-state index in [0.29, 0.717) is 74.6 Å². The van der Waals surface area contributed by atoms with Gasteiger partial charge in [0.25, 0.3) is 0 Å². The van der Waals surface area contributed by atoms with Crippen molar-refractivity contribution in [1.82, 2.24) is 56.1 Å². The minimum atomic E-state index is -3.44. The molecule has 0 fully saturated rings. The maximum Gasteiger partial charge on any atom is 0.330 e. The van der Waals surface area contributed by atoms with Crippen LogP contribution < -0.4 is 17.1 Å². The molecule has 0 aliphatic carbocycles. The molecule has 0 aliphatic heterocycles. The summed E-state index contributed by atoms with van der Waals surface area (Å²) in [6.07, 6.45) is 17.0. The Morgan fingerprint density at radius 2 is 0.776 bits per heavy atom. The third-order valence-corrected chi connectivity index (χ3v) is 19.2. The summed E-state index contributed by atoms with van der Waals surface area (Å²) in [4.78, 5) is 91.8. The van der Waals surface area contributed by atoms with Crippen LogP contribution in [-0.2, 0) is 74.5 Å². The van der Waals surface area contributed by atoms with E-state index in [9.17, 15) is 37.2 Å². The van der Waals surface area contributed by atoms with E-state index in [4.69, 9.17) is 9.47 Å². The molecule has 9 aromatic heterocycles. The Balaban J connectivity index is 0.000000159. The Hall–Kier alpha value is -9.90. The van der Waals surface area contributed by atoms with E-state index >= 15 is 0 Å². The van der Waals surface area contributed by atoms with Gasteiger partial charge in [-0.2, -0.15) is 0 Å². The van der Waals surface area contributed by atoms with Crippen molar-refractivity contribution >= 4 is 93.8 Å². The zero-order chi connectivity index (χ0) is 70.3. The maximum absolute atomic E-state index is 13.8.